The number of amides is 1. The molecule has 1 aromatic heterocycles. The highest BCUT2D eigenvalue weighted by molar-refractivity contribution is 5.92. The Hall–Kier alpha value is -3.29. The fourth-order valence-corrected chi connectivity index (χ4v) is 1.48. The third kappa shape index (κ3) is 4.37. The standard InChI is InChI=1S/C14H11FN4O3/c15-11-4-1-10(2-5-11)3-8-14(20)18-17-13-7-6-12(9-16-13)19(21)22/h1-9H,(H,16,17)(H,18,20)/b8-3+. The number of carbonyl (C=O) groups is 1. The molecule has 0 spiro atoms. The summed E-state index contributed by atoms with van der Waals surface area (Å²) in [6.45, 7) is 0. The van der Waals surface area contributed by atoms with Gasteiger partial charge in [0, 0.05) is 12.1 Å². The Morgan fingerprint density at radius 2 is 1.95 bits per heavy atom. The van der Waals surface area contributed by atoms with Gasteiger partial charge >= 0.3 is 0 Å². The molecule has 2 rings (SSSR count). The third-order valence-electron chi connectivity index (χ3n) is 2.57. The predicted octanol–water partition coefficient (Wildman–Crippen LogP) is 2.29. The van der Waals surface area contributed by atoms with Crippen molar-refractivity contribution in [2.75, 3.05) is 5.43 Å². The Morgan fingerprint density at radius 1 is 1.23 bits per heavy atom. The summed E-state index contributed by atoms with van der Waals surface area (Å²) in [5.74, 6) is -0.550. The van der Waals surface area contributed by atoms with Crippen molar-refractivity contribution in [2.45, 2.75) is 0 Å². The van der Waals surface area contributed by atoms with Crippen LogP contribution in [0, 0.1) is 15.9 Å². The van der Waals surface area contributed by atoms with Crippen LogP contribution in [0.5, 0.6) is 0 Å². The van der Waals surface area contributed by atoms with Gasteiger partial charge in [-0.25, -0.2) is 9.37 Å². The van der Waals surface area contributed by atoms with Crippen LogP contribution in [0.4, 0.5) is 15.9 Å². The minimum absolute atomic E-state index is 0.145. The van der Waals surface area contributed by atoms with E-state index >= 15 is 0 Å². The molecule has 0 radical (unpaired) electrons. The Labute approximate surface area is 124 Å². The van der Waals surface area contributed by atoms with Crippen molar-refractivity contribution in [3.05, 3.63) is 70.2 Å². The van der Waals surface area contributed by atoms with Gasteiger partial charge in [0.1, 0.15) is 17.8 Å². The number of carbonyl (C=O) groups excluding carboxylic acids is 1. The lowest BCUT2D eigenvalue weighted by Gasteiger charge is -2.04. The zero-order valence-corrected chi connectivity index (χ0v) is 11.2. The van der Waals surface area contributed by atoms with E-state index in [4.69, 9.17) is 0 Å². The molecule has 1 amide bonds. The molecule has 0 saturated carbocycles. The summed E-state index contributed by atoms with van der Waals surface area (Å²) in [6.07, 6.45) is 3.84. The second kappa shape index (κ2) is 6.93. The highest BCUT2D eigenvalue weighted by atomic mass is 19.1. The average Bonchev–Trinajstić information content (AvgIpc) is 2.52. The lowest BCUT2D eigenvalue weighted by atomic mass is 10.2. The Morgan fingerprint density at radius 3 is 2.55 bits per heavy atom. The van der Waals surface area contributed by atoms with Gasteiger partial charge in [0.15, 0.2) is 0 Å². The maximum Gasteiger partial charge on any atom is 0.287 e. The van der Waals surface area contributed by atoms with Crippen molar-refractivity contribution in [3.63, 3.8) is 0 Å². The number of halogens is 1. The van der Waals surface area contributed by atoms with Crippen LogP contribution < -0.4 is 10.9 Å². The number of nitrogens with one attached hydrogen (secondary N) is 2. The number of anilines is 1. The van der Waals surface area contributed by atoms with Crippen molar-refractivity contribution in [2.24, 2.45) is 0 Å². The summed E-state index contributed by atoms with van der Waals surface area (Å²) >= 11 is 0. The van der Waals surface area contributed by atoms with Crippen molar-refractivity contribution >= 4 is 23.5 Å². The second-order valence-electron chi connectivity index (χ2n) is 4.16. The van der Waals surface area contributed by atoms with Gasteiger partial charge in [-0.15, -0.1) is 0 Å². The molecule has 2 aromatic rings. The molecule has 0 saturated heterocycles. The smallest absolute Gasteiger partial charge is 0.282 e. The molecule has 0 aliphatic heterocycles. The monoisotopic (exact) mass is 302 g/mol. The van der Waals surface area contributed by atoms with Crippen LogP contribution in [0.15, 0.2) is 48.7 Å². The Kier molecular flexibility index (Phi) is 4.76. The van der Waals surface area contributed by atoms with Gasteiger partial charge in [-0.3, -0.25) is 25.8 Å². The Balaban J connectivity index is 1.87. The summed E-state index contributed by atoms with van der Waals surface area (Å²) < 4.78 is 12.7. The summed E-state index contributed by atoms with van der Waals surface area (Å²) in [4.78, 5) is 25.2. The van der Waals surface area contributed by atoms with Crippen molar-refractivity contribution in [1.29, 1.82) is 0 Å². The normalized spacial score (nSPS) is 10.4. The number of hydrogen-bond donors (Lipinski definition) is 2. The number of benzene rings is 1. The lowest BCUT2D eigenvalue weighted by Crippen LogP contribution is -2.27. The summed E-state index contributed by atoms with van der Waals surface area (Å²) in [5.41, 5.74) is 5.38. The van der Waals surface area contributed by atoms with Crippen LogP contribution in [0.25, 0.3) is 6.08 Å². The number of hydrogen-bond acceptors (Lipinski definition) is 5. The van der Waals surface area contributed by atoms with E-state index < -0.39 is 10.8 Å². The van der Waals surface area contributed by atoms with E-state index in [-0.39, 0.29) is 17.3 Å². The molecule has 8 heteroatoms. The summed E-state index contributed by atoms with van der Waals surface area (Å²) in [6, 6.07) is 8.26. The van der Waals surface area contributed by atoms with Gasteiger partial charge in [0.05, 0.1) is 4.92 Å². The predicted molar refractivity (Wildman–Crippen MR) is 78.1 cm³/mol. The van der Waals surface area contributed by atoms with Crippen LogP contribution in [-0.2, 0) is 4.79 Å². The van der Waals surface area contributed by atoms with Crippen molar-refractivity contribution in [1.82, 2.24) is 10.4 Å². The molecular formula is C14H11FN4O3. The number of rotatable bonds is 5. The zero-order valence-electron chi connectivity index (χ0n) is 11.2. The first kappa shape index (κ1) is 15.1. The van der Waals surface area contributed by atoms with Gasteiger partial charge in [-0.1, -0.05) is 12.1 Å². The molecular weight excluding hydrogens is 291 g/mol. The van der Waals surface area contributed by atoms with Crippen molar-refractivity contribution in [3.8, 4) is 0 Å². The molecule has 1 aromatic carbocycles. The fraction of sp³-hybridized carbons (Fsp3) is 0. The number of pyridine rings is 1. The first-order valence-corrected chi connectivity index (χ1v) is 6.15. The largest absolute Gasteiger partial charge is 0.287 e. The molecule has 1 heterocycles. The molecule has 7 nitrogen and oxygen atoms in total. The molecule has 112 valence electrons. The zero-order chi connectivity index (χ0) is 15.9. The number of aromatic nitrogens is 1. The minimum Gasteiger partial charge on any atom is -0.282 e. The van der Waals surface area contributed by atoms with E-state index in [0.717, 1.165) is 6.20 Å². The van der Waals surface area contributed by atoms with E-state index in [1.807, 2.05) is 0 Å². The second-order valence-corrected chi connectivity index (χ2v) is 4.16. The molecule has 0 fully saturated rings. The summed E-state index contributed by atoms with van der Waals surface area (Å²) in [7, 11) is 0. The van der Waals surface area contributed by atoms with E-state index in [9.17, 15) is 19.3 Å². The number of nitrogens with zero attached hydrogens (tertiary/aromatic N) is 2. The highest BCUT2D eigenvalue weighted by Gasteiger charge is 2.05. The van der Waals surface area contributed by atoms with E-state index in [1.165, 1.54) is 48.6 Å². The number of nitro groups is 1. The molecule has 0 aliphatic rings. The number of hydrazine groups is 1. The minimum atomic E-state index is -0.569. The summed E-state index contributed by atoms with van der Waals surface area (Å²) in [5, 5.41) is 10.5. The van der Waals surface area contributed by atoms with Crippen molar-refractivity contribution < 1.29 is 14.1 Å². The molecule has 2 N–H and O–H groups in total. The SMILES string of the molecule is O=C(/C=C/c1ccc(F)cc1)NNc1ccc([N+](=O)[O-])cn1. The molecule has 0 aliphatic carbocycles. The van der Waals surface area contributed by atoms with Crippen LogP contribution in [0.1, 0.15) is 5.56 Å². The fourth-order valence-electron chi connectivity index (χ4n) is 1.48. The van der Waals surface area contributed by atoms with Crippen LogP contribution >= 0.6 is 0 Å². The first-order chi connectivity index (χ1) is 10.5. The molecule has 0 bridgehead atoms. The van der Waals surface area contributed by atoms with Gasteiger partial charge in [0.2, 0.25) is 0 Å². The van der Waals surface area contributed by atoms with Crippen LogP contribution in [-0.4, -0.2) is 15.8 Å². The molecule has 0 atom stereocenters. The third-order valence-corrected chi connectivity index (χ3v) is 2.57. The van der Waals surface area contributed by atoms with Gasteiger partial charge < -0.3 is 0 Å². The highest BCUT2D eigenvalue weighted by Crippen LogP contribution is 2.10. The average molecular weight is 302 g/mol. The van der Waals surface area contributed by atoms with Crippen LogP contribution in [0.2, 0.25) is 0 Å². The van der Waals surface area contributed by atoms with E-state index in [0.29, 0.717) is 5.56 Å². The van der Waals surface area contributed by atoms with Gasteiger partial charge in [-0.2, -0.15) is 0 Å². The maximum atomic E-state index is 12.7. The molecule has 0 unspecified atom stereocenters. The van der Waals surface area contributed by atoms with E-state index in [2.05, 4.69) is 15.8 Å². The van der Waals surface area contributed by atoms with Gasteiger partial charge in [0.25, 0.3) is 11.6 Å². The topological polar surface area (TPSA) is 97.2 Å². The van der Waals surface area contributed by atoms with E-state index in [1.54, 1.807) is 0 Å². The quantitative estimate of drug-likeness (QED) is 0.501. The van der Waals surface area contributed by atoms with Crippen LogP contribution in [0.3, 0.4) is 0 Å². The Bertz CT molecular complexity index is 699. The first-order valence-electron chi connectivity index (χ1n) is 6.15. The lowest BCUT2D eigenvalue weighted by molar-refractivity contribution is -0.385. The molecule has 22 heavy (non-hydrogen) atoms. The maximum absolute atomic E-state index is 12.7. The van der Waals surface area contributed by atoms with Gasteiger partial charge in [-0.05, 0) is 29.8 Å².